The summed E-state index contributed by atoms with van der Waals surface area (Å²) < 4.78 is 0. The molecule has 0 bridgehead atoms. The molecule has 2 aromatic rings. The van der Waals surface area contributed by atoms with E-state index in [2.05, 4.69) is 23.0 Å². The lowest BCUT2D eigenvalue weighted by Crippen LogP contribution is -2.02. The molecule has 0 atom stereocenters. The van der Waals surface area contributed by atoms with Crippen LogP contribution in [0.15, 0.2) is 24.3 Å². The molecule has 0 radical (unpaired) electrons. The topological polar surface area (TPSA) is 51.8 Å². The molecule has 2 rings (SSSR count). The number of anilines is 1. The Morgan fingerprint density at radius 2 is 2.06 bits per heavy atom. The Morgan fingerprint density at radius 1 is 1.25 bits per heavy atom. The number of thioether (sulfide) groups is 1. The average molecular weight is 233 g/mol. The molecule has 0 aliphatic rings. The molecule has 2 N–H and O–H groups in total. The van der Waals surface area contributed by atoms with E-state index in [0.29, 0.717) is 5.95 Å². The second-order valence-electron chi connectivity index (χ2n) is 3.49. The molecule has 1 aromatic carbocycles. The lowest BCUT2D eigenvalue weighted by Gasteiger charge is -2.05. The molecule has 0 saturated carbocycles. The van der Waals surface area contributed by atoms with E-state index in [4.69, 9.17) is 5.73 Å². The van der Waals surface area contributed by atoms with Crippen LogP contribution in [0.4, 0.5) is 5.95 Å². The van der Waals surface area contributed by atoms with E-state index in [9.17, 15) is 0 Å². The van der Waals surface area contributed by atoms with Crippen LogP contribution < -0.4 is 5.73 Å². The summed E-state index contributed by atoms with van der Waals surface area (Å²) in [6.07, 6.45) is 0.950. The van der Waals surface area contributed by atoms with E-state index < -0.39 is 0 Å². The fourth-order valence-electron chi connectivity index (χ4n) is 1.67. The summed E-state index contributed by atoms with van der Waals surface area (Å²) in [5.74, 6) is 2.59. The second-order valence-corrected chi connectivity index (χ2v) is 4.89. The van der Waals surface area contributed by atoms with Crippen LogP contribution in [0.5, 0.6) is 0 Å². The van der Waals surface area contributed by atoms with Gasteiger partial charge in [0, 0.05) is 5.39 Å². The van der Waals surface area contributed by atoms with Gasteiger partial charge in [0.2, 0.25) is 5.95 Å². The van der Waals surface area contributed by atoms with Crippen molar-refractivity contribution < 1.29 is 0 Å². The second kappa shape index (κ2) is 5.16. The maximum atomic E-state index is 5.70. The molecule has 4 heteroatoms. The van der Waals surface area contributed by atoms with Crippen molar-refractivity contribution in [1.82, 2.24) is 9.97 Å². The van der Waals surface area contributed by atoms with E-state index in [-0.39, 0.29) is 0 Å². The van der Waals surface area contributed by atoms with Gasteiger partial charge in [-0.1, -0.05) is 25.1 Å². The lowest BCUT2D eigenvalue weighted by atomic mass is 10.1. The molecule has 16 heavy (non-hydrogen) atoms. The quantitative estimate of drug-likeness (QED) is 0.824. The van der Waals surface area contributed by atoms with Crippen LogP contribution in [-0.4, -0.2) is 21.5 Å². The number of hydrogen-bond acceptors (Lipinski definition) is 4. The van der Waals surface area contributed by atoms with Gasteiger partial charge in [0.05, 0.1) is 11.2 Å². The zero-order valence-corrected chi connectivity index (χ0v) is 10.1. The smallest absolute Gasteiger partial charge is 0.220 e. The lowest BCUT2D eigenvalue weighted by molar-refractivity contribution is 1.05. The van der Waals surface area contributed by atoms with Crippen molar-refractivity contribution in [1.29, 1.82) is 0 Å². The van der Waals surface area contributed by atoms with Gasteiger partial charge in [0.25, 0.3) is 0 Å². The Morgan fingerprint density at radius 3 is 2.88 bits per heavy atom. The summed E-state index contributed by atoms with van der Waals surface area (Å²) in [7, 11) is 0. The predicted molar refractivity (Wildman–Crippen MR) is 70.7 cm³/mol. The third kappa shape index (κ3) is 2.44. The zero-order valence-electron chi connectivity index (χ0n) is 9.31. The van der Waals surface area contributed by atoms with Gasteiger partial charge in [-0.2, -0.15) is 11.8 Å². The van der Waals surface area contributed by atoms with Gasteiger partial charge in [-0.05, 0) is 24.0 Å². The number of nitrogens with two attached hydrogens (primary N) is 1. The van der Waals surface area contributed by atoms with Gasteiger partial charge in [-0.3, -0.25) is 0 Å². The fraction of sp³-hybridized carbons (Fsp3) is 0.333. The highest BCUT2D eigenvalue weighted by Gasteiger charge is 2.04. The summed E-state index contributed by atoms with van der Waals surface area (Å²) in [5.41, 5.74) is 7.70. The van der Waals surface area contributed by atoms with E-state index in [1.807, 2.05) is 30.0 Å². The number of nitrogens with zero attached hydrogens (tertiary/aromatic N) is 2. The number of hydrogen-bond donors (Lipinski definition) is 1. The number of aromatic nitrogens is 2. The van der Waals surface area contributed by atoms with Crippen LogP contribution in [0.3, 0.4) is 0 Å². The van der Waals surface area contributed by atoms with Gasteiger partial charge in [0.15, 0.2) is 0 Å². The number of benzene rings is 1. The molecule has 3 nitrogen and oxygen atoms in total. The first-order valence-corrected chi connectivity index (χ1v) is 6.55. The average Bonchev–Trinajstić information content (AvgIpc) is 2.29. The minimum Gasteiger partial charge on any atom is -0.368 e. The third-order valence-corrected chi connectivity index (χ3v) is 3.29. The van der Waals surface area contributed by atoms with E-state index in [1.165, 1.54) is 0 Å². The van der Waals surface area contributed by atoms with Crippen LogP contribution in [0.1, 0.15) is 12.6 Å². The van der Waals surface area contributed by atoms with Gasteiger partial charge in [-0.15, -0.1) is 0 Å². The van der Waals surface area contributed by atoms with E-state index in [0.717, 1.165) is 34.5 Å². The largest absolute Gasteiger partial charge is 0.368 e. The highest BCUT2D eigenvalue weighted by atomic mass is 32.2. The van der Waals surface area contributed by atoms with Crippen LogP contribution in [0.2, 0.25) is 0 Å². The summed E-state index contributed by atoms with van der Waals surface area (Å²) in [6.45, 7) is 2.16. The van der Waals surface area contributed by atoms with Crippen LogP contribution in [-0.2, 0) is 6.42 Å². The van der Waals surface area contributed by atoms with Crippen molar-refractivity contribution in [2.75, 3.05) is 17.2 Å². The van der Waals surface area contributed by atoms with Crippen LogP contribution >= 0.6 is 11.8 Å². The molecule has 84 valence electrons. The maximum absolute atomic E-state index is 5.70. The SMILES string of the molecule is CCSCCc1nc(N)nc2ccccc12. The highest BCUT2D eigenvalue weighted by molar-refractivity contribution is 7.99. The molecule has 0 unspecified atom stereocenters. The Labute approximate surface area is 99.5 Å². The Bertz CT molecular complexity index is 485. The molecule has 0 aliphatic heterocycles. The zero-order chi connectivity index (χ0) is 11.4. The number of aryl methyl sites for hydroxylation is 1. The number of nitrogen functional groups attached to an aromatic ring is 1. The van der Waals surface area contributed by atoms with E-state index >= 15 is 0 Å². The van der Waals surface area contributed by atoms with Crippen molar-refractivity contribution in [2.24, 2.45) is 0 Å². The van der Waals surface area contributed by atoms with Gasteiger partial charge in [0.1, 0.15) is 0 Å². The minimum atomic E-state index is 0.371. The summed E-state index contributed by atoms with van der Waals surface area (Å²) in [6, 6.07) is 8.02. The van der Waals surface area contributed by atoms with Gasteiger partial charge < -0.3 is 5.73 Å². The van der Waals surface area contributed by atoms with Crippen LogP contribution in [0, 0.1) is 0 Å². The van der Waals surface area contributed by atoms with E-state index in [1.54, 1.807) is 0 Å². The Balaban J connectivity index is 2.34. The summed E-state index contributed by atoms with van der Waals surface area (Å²) in [4.78, 5) is 8.55. The predicted octanol–water partition coefficient (Wildman–Crippen LogP) is 2.51. The number of para-hydroxylation sites is 1. The first-order chi connectivity index (χ1) is 7.81. The van der Waals surface area contributed by atoms with Crippen molar-refractivity contribution in [2.45, 2.75) is 13.3 Å². The van der Waals surface area contributed by atoms with Crippen molar-refractivity contribution in [3.05, 3.63) is 30.0 Å². The number of fused-ring (bicyclic) bond motifs is 1. The fourth-order valence-corrected chi connectivity index (χ4v) is 2.29. The maximum Gasteiger partial charge on any atom is 0.220 e. The minimum absolute atomic E-state index is 0.371. The monoisotopic (exact) mass is 233 g/mol. The summed E-state index contributed by atoms with van der Waals surface area (Å²) >= 11 is 1.92. The number of rotatable bonds is 4. The van der Waals surface area contributed by atoms with Crippen molar-refractivity contribution >= 4 is 28.6 Å². The molecule has 0 spiro atoms. The molecule has 0 saturated heterocycles. The normalized spacial score (nSPS) is 10.8. The molecular formula is C12H15N3S. The summed E-state index contributed by atoms with van der Waals surface area (Å²) in [5, 5.41) is 1.12. The first kappa shape index (κ1) is 11.2. The standard InChI is InChI=1S/C12H15N3S/c1-2-16-8-7-11-9-5-3-4-6-10(9)14-12(13)15-11/h3-6H,2,7-8H2,1H3,(H2,13,14,15). The molecule has 1 aromatic heterocycles. The van der Waals surface area contributed by atoms with Crippen LogP contribution in [0.25, 0.3) is 10.9 Å². The molecular weight excluding hydrogens is 218 g/mol. The van der Waals surface area contributed by atoms with Crippen molar-refractivity contribution in [3.63, 3.8) is 0 Å². The first-order valence-electron chi connectivity index (χ1n) is 5.40. The molecule has 0 aliphatic carbocycles. The van der Waals surface area contributed by atoms with Crippen molar-refractivity contribution in [3.8, 4) is 0 Å². The molecule has 0 amide bonds. The molecule has 0 fully saturated rings. The molecule has 1 heterocycles. The third-order valence-electron chi connectivity index (χ3n) is 2.39. The van der Waals surface area contributed by atoms with Gasteiger partial charge >= 0.3 is 0 Å². The van der Waals surface area contributed by atoms with Gasteiger partial charge in [-0.25, -0.2) is 9.97 Å². The highest BCUT2D eigenvalue weighted by Crippen LogP contribution is 2.18. The Hall–Kier alpha value is -1.29. The Kier molecular flexibility index (Phi) is 3.62.